The molecule has 2 N–H and O–H groups in total. The summed E-state index contributed by atoms with van der Waals surface area (Å²) in [6.07, 6.45) is 0.453. The summed E-state index contributed by atoms with van der Waals surface area (Å²) in [6, 6.07) is 29.3. The molecule has 5 rings (SSSR count). The SMILES string of the molecule is Cc1cccc(CSc2nnc(C(Cc3ccccc3)NC(=O)Nc3ccc(C)cc3C)n2-c2ccc([N+](=O)[O-])cc2)c1. The molecule has 5 aromatic rings. The zero-order chi connectivity index (χ0) is 30.3. The largest absolute Gasteiger partial charge is 0.327 e. The Balaban J connectivity index is 1.52. The lowest BCUT2D eigenvalue weighted by Gasteiger charge is -2.21. The van der Waals surface area contributed by atoms with Crippen molar-refractivity contribution < 1.29 is 9.72 Å². The molecule has 10 heteroatoms. The summed E-state index contributed by atoms with van der Waals surface area (Å²) >= 11 is 1.51. The average Bonchev–Trinajstić information content (AvgIpc) is 3.42. The van der Waals surface area contributed by atoms with Crippen LogP contribution in [0, 0.1) is 30.9 Å². The molecule has 0 fully saturated rings. The molecule has 0 saturated heterocycles. The van der Waals surface area contributed by atoms with Crippen LogP contribution in [0.2, 0.25) is 0 Å². The molecule has 1 atom stereocenters. The highest BCUT2D eigenvalue weighted by Gasteiger charge is 2.25. The molecule has 0 spiro atoms. The predicted molar refractivity (Wildman–Crippen MR) is 170 cm³/mol. The lowest BCUT2D eigenvalue weighted by atomic mass is 10.1. The number of hydrogen-bond donors (Lipinski definition) is 2. The number of benzene rings is 4. The zero-order valence-electron chi connectivity index (χ0n) is 24.2. The number of nitro groups is 1. The fourth-order valence-electron chi connectivity index (χ4n) is 4.84. The molecule has 0 aliphatic heterocycles. The molecule has 4 aromatic carbocycles. The Morgan fingerprint density at radius 3 is 2.30 bits per heavy atom. The van der Waals surface area contributed by atoms with Gasteiger partial charge in [-0.15, -0.1) is 10.2 Å². The van der Waals surface area contributed by atoms with E-state index in [-0.39, 0.29) is 11.7 Å². The summed E-state index contributed by atoms with van der Waals surface area (Å²) in [5.41, 5.74) is 6.73. The first-order chi connectivity index (χ1) is 20.8. The molecule has 0 radical (unpaired) electrons. The van der Waals surface area contributed by atoms with Crippen LogP contribution in [-0.2, 0) is 12.2 Å². The van der Waals surface area contributed by atoms with Gasteiger partial charge in [0, 0.05) is 35.7 Å². The van der Waals surface area contributed by atoms with Gasteiger partial charge < -0.3 is 10.6 Å². The third-order valence-corrected chi connectivity index (χ3v) is 7.96. The van der Waals surface area contributed by atoms with Crippen LogP contribution in [0.25, 0.3) is 5.69 Å². The normalized spacial score (nSPS) is 11.6. The number of carbonyl (C=O) groups excluding carboxylic acids is 1. The highest BCUT2D eigenvalue weighted by atomic mass is 32.2. The van der Waals surface area contributed by atoms with Crippen molar-refractivity contribution in [2.24, 2.45) is 0 Å². The second-order valence-corrected chi connectivity index (χ2v) is 11.3. The summed E-state index contributed by atoms with van der Waals surface area (Å²) < 4.78 is 1.87. The van der Waals surface area contributed by atoms with Crippen molar-refractivity contribution in [1.82, 2.24) is 20.1 Å². The highest BCUT2D eigenvalue weighted by Crippen LogP contribution is 2.30. The highest BCUT2D eigenvalue weighted by molar-refractivity contribution is 7.98. The lowest BCUT2D eigenvalue weighted by Crippen LogP contribution is -2.35. The number of urea groups is 1. The number of aromatic nitrogens is 3. The van der Waals surface area contributed by atoms with E-state index in [9.17, 15) is 14.9 Å². The number of nitrogens with one attached hydrogen (secondary N) is 2. The van der Waals surface area contributed by atoms with Crippen molar-refractivity contribution in [2.75, 3.05) is 5.32 Å². The third-order valence-electron chi connectivity index (χ3n) is 6.96. The van der Waals surface area contributed by atoms with Crippen LogP contribution >= 0.6 is 11.8 Å². The minimum Gasteiger partial charge on any atom is -0.327 e. The number of anilines is 1. The van der Waals surface area contributed by atoms with Crippen molar-refractivity contribution in [3.8, 4) is 5.69 Å². The van der Waals surface area contributed by atoms with Gasteiger partial charge in [0.25, 0.3) is 5.69 Å². The van der Waals surface area contributed by atoms with Crippen LogP contribution in [0.3, 0.4) is 0 Å². The van der Waals surface area contributed by atoms with Crippen LogP contribution in [0.5, 0.6) is 0 Å². The topological polar surface area (TPSA) is 115 Å². The Morgan fingerprint density at radius 1 is 0.884 bits per heavy atom. The summed E-state index contributed by atoms with van der Waals surface area (Å²) in [4.78, 5) is 24.3. The minimum atomic E-state index is -0.566. The molecule has 0 aliphatic carbocycles. The standard InChI is InChI=1S/C33H32N6O3S/c1-22-8-7-11-26(19-22)21-43-33-37-36-31(38(33)27-13-15-28(16-14-27)39(41)42)30(20-25-9-5-4-6-10-25)35-32(40)34-29-17-12-23(2)18-24(29)3/h4-19,30H,20-21H2,1-3H3,(H2,34,35,40). The second kappa shape index (κ2) is 13.3. The molecule has 9 nitrogen and oxygen atoms in total. The first-order valence-electron chi connectivity index (χ1n) is 13.8. The fraction of sp³-hybridized carbons (Fsp3) is 0.182. The van der Waals surface area contributed by atoms with Gasteiger partial charge in [0.2, 0.25) is 0 Å². The van der Waals surface area contributed by atoms with Crippen molar-refractivity contribution in [2.45, 2.75) is 44.1 Å². The van der Waals surface area contributed by atoms with Gasteiger partial charge in [0.05, 0.1) is 11.0 Å². The van der Waals surface area contributed by atoms with Gasteiger partial charge in [-0.25, -0.2) is 4.79 Å². The van der Waals surface area contributed by atoms with E-state index in [4.69, 9.17) is 0 Å². The number of nitro benzene ring substituents is 1. The van der Waals surface area contributed by atoms with Gasteiger partial charge in [0.15, 0.2) is 11.0 Å². The van der Waals surface area contributed by atoms with Gasteiger partial charge in [0.1, 0.15) is 0 Å². The molecular formula is C33H32N6O3S. The smallest absolute Gasteiger partial charge is 0.319 e. The number of carbonyl (C=O) groups is 1. The maximum absolute atomic E-state index is 13.4. The van der Waals surface area contributed by atoms with E-state index < -0.39 is 11.0 Å². The van der Waals surface area contributed by atoms with Gasteiger partial charge in [-0.1, -0.05) is 89.6 Å². The monoisotopic (exact) mass is 592 g/mol. The van der Waals surface area contributed by atoms with Crippen molar-refractivity contribution in [1.29, 1.82) is 0 Å². The Kier molecular flexibility index (Phi) is 9.17. The Labute approximate surface area is 254 Å². The Hall–Kier alpha value is -4.96. The molecule has 1 unspecified atom stereocenters. The summed E-state index contributed by atoms with van der Waals surface area (Å²) in [5, 5.41) is 27.2. The predicted octanol–water partition coefficient (Wildman–Crippen LogP) is 7.50. The number of aryl methyl sites for hydroxylation is 3. The molecule has 0 bridgehead atoms. The van der Waals surface area contributed by atoms with E-state index in [1.807, 2.05) is 73.0 Å². The van der Waals surface area contributed by atoms with Gasteiger partial charge in [-0.3, -0.25) is 14.7 Å². The summed E-state index contributed by atoms with van der Waals surface area (Å²) in [5.74, 6) is 1.16. The van der Waals surface area contributed by atoms with E-state index in [1.54, 1.807) is 12.1 Å². The van der Waals surface area contributed by atoms with E-state index in [1.165, 1.54) is 23.9 Å². The number of amides is 2. The minimum absolute atomic E-state index is 0.0147. The second-order valence-electron chi connectivity index (χ2n) is 10.4. The number of hydrogen-bond acceptors (Lipinski definition) is 6. The summed E-state index contributed by atoms with van der Waals surface area (Å²) in [7, 11) is 0. The van der Waals surface area contributed by atoms with Crippen molar-refractivity contribution >= 4 is 29.2 Å². The van der Waals surface area contributed by atoms with E-state index >= 15 is 0 Å². The molecular weight excluding hydrogens is 560 g/mol. The van der Waals surface area contributed by atoms with E-state index in [0.717, 1.165) is 27.8 Å². The molecule has 1 aromatic heterocycles. The van der Waals surface area contributed by atoms with Gasteiger partial charge >= 0.3 is 6.03 Å². The van der Waals surface area contributed by atoms with Crippen LogP contribution in [0.15, 0.2) is 102 Å². The van der Waals surface area contributed by atoms with Crippen LogP contribution in [0.4, 0.5) is 16.2 Å². The van der Waals surface area contributed by atoms with Crippen molar-refractivity contribution in [3.63, 3.8) is 0 Å². The lowest BCUT2D eigenvalue weighted by molar-refractivity contribution is -0.384. The van der Waals surface area contributed by atoms with Crippen LogP contribution in [-0.4, -0.2) is 25.7 Å². The van der Waals surface area contributed by atoms with Crippen LogP contribution in [0.1, 0.15) is 39.7 Å². The Bertz CT molecular complexity index is 1740. The maximum atomic E-state index is 13.4. The summed E-state index contributed by atoms with van der Waals surface area (Å²) in [6.45, 7) is 6.01. The van der Waals surface area contributed by atoms with Gasteiger partial charge in [-0.2, -0.15) is 0 Å². The zero-order valence-corrected chi connectivity index (χ0v) is 25.0. The van der Waals surface area contributed by atoms with Crippen molar-refractivity contribution in [3.05, 3.63) is 141 Å². The number of rotatable bonds is 10. The molecule has 2 amide bonds. The molecule has 0 aliphatic rings. The van der Waals surface area contributed by atoms with E-state index in [0.29, 0.717) is 34.5 Å². The van der Waals surface area contributed by atoms with Gasteiger partial charge in [-0.05, 0) is 55.7 Å². The quantitative estimate of drug-likeness (QED) is 0.0986. The Morgan fingerprint density at radius 2 is 1.60 bits per heavy atom. The van der Waals surface area contributed by atoms with E-state index in [2.05, 4.69) is 46.0 Å². The number of non-ortho nitro benzene ring substituents is 1. The molecule has 0 saturated carbocycles. The number of thioether (sulfide) groups is 1. The molecule has 218 valence electrons. The average molecular weight is 593 g/mol. The third kappa shape index (κ3) is 7.47. The maximum Gasteiger partial charge on any atom is 0.319 e. The first-order valence-corrected chi connectivity index (χ1v) is 14.8. The van der Waals surface area contributed by atoms with Crippen LogP contribution < -0.4 is 10.6 Å². The molecule has 1 heterocycles. The molecule has 43 heavy (non-hydrogen) atoms. The fourth-order valence-corrected chi connectivity index (χ4v) is 5.75. The first kappa shape index (κ1) is 29.5. The number of nitrogens with zero attached hydrogens (tertiary/aromatic N) is 4.